The first kappa shape index (κ1) is 15.1. The van der Waals surface area contributed by atoms with E-state index in [1.165, 1.54) is 26.1 Å². The number of nitrogens with zero attached hydrogens (tertiary/aromatic N) is 3. The van der Waals surface area contributed by atoms with E-state index in [0.717, 1.165) is 10.7 Å². The Bertz CT molecular complexity index is 676. The third-order valence-corrected chi connectivity index (χ3v) is 2.88. The van der Waals surface area contributed by atoms with Gasteiger partial charge in [-0.05, 0) is 26.0 Å². The lowest BCUT2D eigenvalue weighted by Gasteiger charge is -2.17. The number of halogens is 4. The van der Waals surface area contributed by atoms with Gasteiger partial charge >= 0.3 is 6.18 Å². The number of aldehydes is 1. The van der Waals surface area contributed by atoms with Gasteiger partial charge in [0.2, 0.25) is 0 Å². The molecule has 0 amide bonds. The molecule has 21 heavy (non-hydrogen) atoms. The van der Waals surface area contributed by atoms with Crippen molar-refractivity contribution in [3.8, 4) is 11.4 Å². The van der Waals surface area contributed by atoms with Crippen LogP contribution < -0.4 is 0 Å². The number of carbonyl (C=O) groups is 1. The smallest absolute Gasteiger partial charge is 0.301 e. The third kappa shape index (κ3) is 2.79. The van der Waals surface area contributed by atoms with Gasteiger partial charge in [0, 0.05) is 12.4 Å². The van der Waals surface area contributed by atoms with Crippen molar-refractivity contribution in [2.45, 2.75) is 25.6 Å². The molecule has 0 unspecified atom stereocenters. The fourth-order valence-electron chi connectivity index (χ4n) is 1.67. The first-order chi connectivity index (χ1) is 9.66. The zero-order valence-electron chi connectivity index (χ0n) is 11.1. The molecular weight excluding hydrogens is 290 g/mol. The first-order valence-electron chi connectivity index (χ1n) is 5.91. The van der Waals surface area contributed by atoms with Gasteiger partial charge in [0.05, 0.1) is 0 Å². The van der Waals surface area contributed by atoms with E-state index < -0.39 is 34.5 Å². The molecule has 2 rings (SSSR count). The van der Waals surface area contributed by atoms with Gasteiger partial charge in [-0.2, -0.15) is 18.3 Å². The molecule has 8 heteroatoms. The first-order valence-corrected chi connectivity index (χ1v) is 5.91. The van der Waals surface area contributed by atoms with Crippen LogP contribution in [0, 0.1) is 5.82 Å². The summed E-state index contributed by atoms with van der Waals surface area (Å²) in [5.74, 6) is -0.919. The Morgan fingerprint density at radius 2 is 1.90 bits per heavy atom. The van der Waals surface area contributed by atoms with E-state index in [-0.39, 0.29) is 0 Å². The zero-order chi connectivity index (χ0) is 15.8. The minimum Gasteiger partial charge on any atom is -0.301 e. The highest BCUT2D eigenvalue weighted by Crippen LogP contribution is 2.37. The lowest BCUT2D eigenvalue weighted by Crippen LogP contribution is -2.28. The number of pyridine rings is 1. The minimum absolute atomic E-state index is 0.457. The summed E-state index contributed by atoms with van der Waals surface area (Å²) in [7, 11) is 0. The van der Waals surface area contributed by atoms with E-state index in [1.807, 2.05) is 0 Å². The molecule has 112 valence electrons. The molecule has 0 aliphatic rings. The molecule has 2 aromatic heterocycles. The van der Waals surface area contributed by atoms with Crippen LogP contribution in [0.25, 0.3) is 11.4 Å². The Kier molecular flexibility index (Phi) is 3.56. The van der Waals surface area contributed by atoms with E-state index in [9.17, 15) is 22.4 Å². The quantitative estimate of drug-likeness (QED) is 0.646. The van der Waals surface area contributed by atoms with Gasteiger partial charge in [-0.1, -0.05) is 0 Å². The number of alkyl halides is 3. The summed E-state index contributed by atoms with van der Waals surface area (Å²) in [6, 6.07) is 2.25. The summed E-state index contributed by atoms with van der Waals surface area (Å²) in [5, 5.41) is 3.71. The summed E-state index contributed by atoms with van der Waals surface area (Å²) in [5.41, 5.74) is -3.58. The van der Waals surface area contributed by atoms with Crippen LogP contribution in [0.2, 0.25) is 0 Å². The van der Waals surface area contributed by atoms with Gasteiger partial charge in [0.15, 0.2) is 5.82 Å². The lowest BCUT2D eigenvalue weighted by atomic mass is 10.1. The molecule has 0 aromatic carbocycles. The Labute approximate surface area is 117 Å². The molecule has 0 aliphatic carbocycles. The maximum absolute atomic E-state index is 13.7. The van der Waals surface area contributed by atoms with Crippen molar-refractivity contribution in [3.63, 3.8) is 0 Å². The molecule has 2 aromatic rings. The van der Waals surface area contributed by atoms with Crippen LogP contribution in [0.3, 0.4) is 0 Å². The van der Waals surface area contributed by atoms with Crippen molar-refractivity contribution < 1.29 is 22.4 Å². The van der Waals surface area contributed by atoms with E-state index in [0.29, 0.717) is 12.5 Å². The number of carbonyl (C=O) groups excluding carboxylic acids is 1. The molecule has 0 radical (unpaired) electrons. The van der Waals surface area contributed by atoms with Crippen LogP contribution in [-0.2, 0) is 16.5 Å². The number of hydrogen-bond donors (Lipinski definition) is 0. The Hall–Kier alpha value is -2.25. The molecule has 0 atom stereocenters. The Morgan fingerprint density at radius 3 is 2.43 bits per heavy atom. The van der Waals surface area contributed by atoms with Crippen molar-refractivity contribution in [1.29, 1.82) is 0 Å². The predicted molar refractivity (Wildman–Crippen MR) is 65.8 cm³/mol. The standard InChI is InChI=1S/C13H11F4N3O/c1-12(2,7-21)20-6-8(13(15,16)17)10(19-20)11-9(14)4-3-5-18-11/h3-7H,1-2H3. The predicted octanol–water partition coefficient (Wildman–Crippen LogP) is 3.04. The highest BCUT2D eigenvalue weighted by molar-refractivity contribution is 5.63. The van der Waals surface area contributed by atoms with E-state index in [1.54, 1.807) is 0 Å². The number of rotatable bonds is 3. The monoisotopic (exact) mass is 301 g/mol. The van der Waals surface area contributed by atoms with Crippen LogP contribution in [-0.4, -0.2) is 21.1 Å². The highest BCUT2D eigenvalue weighted by Gasteiger charge is 2.39. The maximum atomic E-state index is 13.7. The van der Waals surface area contributed by atoms with Crippen molar-refractivity contribution in [2.24, 2.45) is 0 Å². The fraction of sp³-hybridized carbons (Fsp3) is 0.308. The number of hydrogen-bond acceptors (Lipinski definition) is 3. The summed E-state index contributed by atoms with van der Waals surface area (Å²) in [6.07, 6.45) is -2.43. The molecule has 2 heterocycles. The number of aromatic nitrogens is 3. The second kappa shape index (κ2) is 4.94. The van der Waals surface area contributed by atoms with E-state index >= 15 is 0 Å². The second-order valence-corrected chi connectivity index (χ2v) is 4.94. The molecule has 0 bridgehead atoms. The largest absolute Gasteiger partial charge is 0.420 e. The summed E-state index contributed by atoms with van der Waals surface area (Å²) in [6.45, 7) is 2.79. The molecule has 0 aliphatic heterocycles. The highest BCUT2D eigenvalue weighted by atomic mass is 19.4. The lowest BCUT2D eigenvalue weighted by molar-refractivity contribution is -0.137. The van der Waals surface area contributed by atoms with Gasteiger partial charge in [-0.25, -0.2) is 4.39 Å². The average Bonchev–Trinajstić information content (AvgIpc) is 2.85. The van der Waals surface area contributed by atoms with Crippen LogP contribution in [0.4, 0.5) is 17.6 Å². The summed E-state index contributed by atoms with van der Waals surface area (Å²) in [4.78, 5) is 14.6. The molecular formula is C13H11F4N3O. The van der Waals surface area contributed by atoms with E-state index in [4.69, 9.17) is 0 Å². The second-order valence-electron chi connectivity index (χ2n) is 4.94. The third-order valence-electron chi connectivity index (χ3n) is 2.88. The van der Waals surface area contributed by atoms with Crippen LogP contribution in [0.15, 0.2) is 24.5 Å². The molecule has 0 saturated heterocycles. The van der Waals surface area contributed by atoms with Crippen molar-refractivity contribution in [3.05, 3.63) is 35.9 Å². The minimum atomic E-state index is -4.74. The maximum Gasteiger partial charge on any atom is 0.420 e. The van der Waals surface area contributed by atoms with Crippen molar-refractivity contribution >= 4 is 6.29 Å². The van der Waals surface area contributed by atoms with Gasteiger partial charge in [0.25, 0.3) is 0 Å². The SMILES string of the molecule is CC(C)(C=O)n1cc(C(F)(F)F)c(-c2ncccc2F)n1. The van der Waals surface area contributed by atoms with Gasteiger partial charge < -0.3 is 4.79 Å². The molecule has 4 nitrogen and oxygen atoms in total. The Morgan fingerprint density at radius 1 is 1.24 bits per heavy atom. The molecule has 0 fully saturated rings. The normalized spacial score (nSPS) is 12.5. The summed E-state index contributed by atoms with van der Waals surface area (Å²) >= 11 is 0. The van der Waals surface area contributed by atoms with Crippen molar-refractivity contribution in [1.82, 2.24) is 14.8 Å². The molecule has 0 saturated carbocycles. The van der Waals surface area contributed by atoms with Gasteiger partial charge in [-0.3, -0.25) is 9.67 Å². The average molecular weight is 301 g/mol. The van der Waals surface area contributed by atoms with Crippen LogP contribution in [0.1, 0.15) is 19.4 Å². The van der Waals surface area contributed by atoms with Crippen LogP contribution in [0.5, 0.6) is 0 Å². The van der Waals surface area contributed by atoms with E-state index in [2.05, 4.69) is 10.1 Å². The summed E-state index contributed by atoms with van der Waals surface area (Å²) < 4.78 is 53.8. The molecule has 0 N–H and O–H groups in total. The zero-order valence-corrected chi connectivity index (χ0v) is 11.1. The van der Waals surface area contributed by atoms with Gasteiger partial charge in [-0.15, -0.1) is 0 Å². The van der Waals surface area contributed by atoms with Crippen LogP contribution >= 0.6 is 0 Å². The topological polar surface area (TPSA) is 47.8 Å². The fourth-order valence-corrected chi connectivity index (χ4v) is 1.67. The van der Waals surface area contributed by atoms with Crippen molar-refractivity contribution in [2.75, 3.05) is 0 Å². The Balaban J connectivity index is 2.71. The molecule has 0 spiro atoms. The van der Waals surface area contributed by atoms with Gasteiger partial charge in [0.1, 0.15) is 28.8 Å².